The number of nitrogens with two attached hydrogens (primary N) is 1. The van der Waals surface area contributed by atoms with E-state index < -0.39 is 23.2 Å². The third-order valence-corrected chi connectivity index (χ3v) is 5.64. The molecule has 0 radical (unpaired) electrons. The van der Waals surface area contributed by atoms with Gasteiger partial charge in [-0.05, 0) is 48.7 Å². The molecule has 35 heavy (non-hydrogen) atoms. The number of aliphatic imine (C=N–C) groups is 1. The van der Waals surface area contributed by atoms with Crippen molar-refractivity contribution in [3.8, 4) is 11.5 Å². The number of amides is 2. The van der Waals surface area contributed by atoms with E-state index in [1.165, 1.54) is 36.7 Å². The number of hydrogen-bond acceptors (Lipinski definition) is 5. The van der Waals surface area contributed by atoms with Gasteiger partial charge < -0.3 is 21.1 Å². The van der Waals surface area contributed by atoms with E-state index in [0.29, 0.717) is 18.4 Å². The number of ether oxygens (including phenoxy) is 1. The van der Waals surface area contributed by atoms with Crippen LogP contribution in [-0.2, 0) is 22.3 Å². The van der Waals surface area contributed by atoms with Crippen molar-refractivity contribution in [2.75, 3.05) is 0 Å². The first kappa shape index (κ1) is 26.0. The van der Waals surface area contributed by atoms with Gasteiger partial charge in [-0.3, -0.25) is 14.6 Å². The first-order chi connectivity index (χ1) is 16.6. The Morgan fingerprint density at radius 1 is 1.20 bits per heavy atom. The summed E-state index contributed by atoms with van der Waals surface area (Å²) in [5, 5.41) is 5.44. The number of alkyl halides is 3. The highest BCUT2D eigenvalue weighted by Crippen LogP contribution is 2.39. The number of carbonyl (C=O) groups is 2. The average molecular weight is 551 g/mol. The van der Waals surface area contributed by atoms with Gasteiger partial charge in [0.15, 0.2) is 0 Å². The fourth-order valence-corrected chi connectivity index (χ4v) is 3.46. The van der Waals surface area contributed by atoms with Gasteiger partial charge in [-0.1, -0.05) is 34.6 Å². The van der Waals surface area contributed by atoms with Crippen LogP contribution in [0, 0.1) is 0 Å². The number of nitrogens with zero attached hydrogens (tertiary/aromatic N) is 1. The van der Waals surface area contributed by atoms with Crippen molar-refractivity contribution in [2.24, 2.45) is 10.7 Å². The van der Waals surface area contributed by atoms with E-state index in [2.05, 4.69) is 38.1 Å². The summed E-state index contributed by atoms with van der Waals surface area (Å²) in [4.78, 5) is 28.8. The van der Waals surface area contributed by atoms with E-state index in [4.69, 9.17) is 10.5 Å². The Hall–Kier alpha value is -3.60. The molecule has 0 unspecified atom stereocenters. The van der Waals surface area contributed by atoms with Gasteiger partial charge in [0.05, 0.1) is 11.1 Å². The Bertz CT molecular complexity index is 1170. The highest BCUT2D eigenvalue weighted by atomic mass is 79.9. The van der Waals surface area contributed by atoms with Gasteiger partial charge in [0.2, 0.25) is 5.91 Å². The van der Waals surface area contributed by atoms with Gasteiger partial charge in [0.1, 0.15) is 17.0 Å². The summed E-state index contributed by atoms with van der Waals surface area (Å²) in [6.07, 6.45) is -0.0413. The monoisotopic (exact) mass is 550 g/mol. The lowest BCUT2D eigenvalue weighted by Crippen LogP contribution is -2.49. The summed E-state index contributed by atoms with van der Waals surface area (Å²) in [5.74, 6) is -0.996. The standard InChI is InChI=1S/C24H22BrF3N4O3/c1-2-30-14-16(12-29)21(33)32-23(9-10-23)22(34)31-13-15-3-6-18(7-4-15)35-20-8-5-17(25)11-19(20)24(26,27)28/h2-8,11-12,14H,1,9-10,13,29H2,(H,31,34)(H,32,33)/b16-12+,30-14-. The molecule has 11 heteroatoms. The predicted molar refractivity (Wildman–Crippen MR) is 129 cm³/mol. The molecule has 1 aliphatic rings. The van der Waals surface area contributed by atoms with Gasteiger partial charge in [-0.15, -0.1) is 0 Å². The average Bonchev–Trinajstić information content (AvgIpc) is 3.60. The van der Waals surface area contributed by atoms with Crippen molar-refractivity contribution < 1.29 is 27.5 Å². The number of nitrogens with one attached hydrogen (secondary N) is 2. The Morgan fingerprint density at radius 2 is 1.89 bits per heavy atom. The molecule has 0 heterocycles. The van der Waals surface area contributed by atoms with E-state index in [0.717, 1.165) is 12.3 Å². The van der Waals surface area contributed by atoms with Crippen molar-refractivity contribution in [1.29, 1.82) is 0 Å². The fraction of sp³-hybridized carbons (Fsp3) is 0.208. The smallest absolute Gasteiger partial charge is 0.420 e. The second-order valence-electron chi connectivity index (χ2n) is 7.69. The lowest BCUT2D eigenvalue weighted by molar-refractivity contribution is -0.138. The molecule has 1 saturated carbocycles. The highest BCUT2D eigenvalue weighted by molar-refractivity contribution is 9.10. The molecular weight excluding hydrogens is 529 g/mol. The van der Waals surface area contributed by atoms with Crippen LogP contribution >= 0.6 is 15.9 Å². The molecule has 2 amide bonds. The SMILES string of the molecule is C=C/N=C\C(=C/N)C(=O)NC1(C(=O)NCc2ccc(Oc3ccc(Br)cc3C(F)(F)F)cc2)CC1. The van der Waals surface area contributed by atoms with Crippen LogP contribution in [0.3, 0.4) is 0 Å². The zero-order valence-electron chi connectivity index (χ0n) is 18.4. The van der Waals surface area contributed by atoms with Crippen molar-refractivity contribution in [2.45, 2.75) is 31.1 Å². The molecule has 184 valence electrons. The molecule has 7 nitrogen and oxygen atoms in total. The molecule has 3 rings (SSSR count). The highest BCUT2D eigenvalue weighted by Gasteiger charge is 2.51. The molecule has 0 bridgehead atoms. The Labute approximate surface area is 208 Å². The molecule has 0 aliphatic heterocycles. The van der Waals surface area contributed by atoms with E-state index in [1.54, 1.807) is 12.1 Å². The minimum Gasteiger partial charge on any atom is -0.457 e. The second kappa shape index (κ2) is 10.8. The predicted octanol–water partition coefficient (Wildman–Crippen LogP) is 4.58. The van der Waals surface area contributed by atoms with Gasteiger partial charge >= 0.3 is 6.18 Å². The van der Waals surface area contributed by atoms with Crippen molar-refractivity contribution in [3.05, 3.63) is 82.6 Å². The zero-order chi connectivity index (χ0) is 25.6. The summed E-state index contributed by atoms with van der Waals surface area (Å²) in [5.41, 5.74) is 4.31. The molecule has 4 N–H and O–H groups in total. The topological polar surface area (TPSA) is 106 Å². The van der Waals surface area contributed by atoms with Crippen molar-refractivity contribution in [3.63, 3.8) is 0 Å². The number of hydrogen-bond donors (Lipinski definition) is 3. The molecule has 1 fully saturated rings. The largest absolute Gasteiger partial charge is 0.457 e. The van der Waals surface area contributed by atoms with Gasteiger partial charge in [-0.25, -0.2) is 0 Å². The van der Waals surface area contributed by atoms with Crippen LogP contribution in [0.15, 0.2) is 76.5 Å². The van der Waals surface area contributed by atoms with Crippen LogP contribution in [0.25, 0.3) is 0 Å². The van der Waals surface area contributed by atoms with Crippen molar-refractivity contribution in [1.82, 2.24) is 10.6 Å². The first-order valence-electron chi connectivity index (χ1n) is 10.4. The second-order valence-corrected chi connectivity index (χ2v) is 8.60. The maximum atomic E-state index is 13.3. The van der Waals surface area contributed by atoms with E-state index in [9.17, 15) is 22.8 Å². The Balaban J connectivity index is 1.59. The number of halogens is 4. The molecule has 0 spiro atoms. The minimum absolute atomic E-state index is 0.0963. The zero-order valence-corrected chi connectivity index (χ0v) is 19.9. The minimum atomic E-state index is -4.57. The van der Waals surface area contributed by atoms with Gasteiger partial charge in [-0.2, -0.15) is 13.2 Å². The molecule has 0 aromatic heterocycles. The lowest BCUT2D eigenvalue weighted by atomic mass is 10.1. The molecule has 2 aromatic carbocycles. The number of carbonyl (C=O) groups excluding carboxylic acids is 2. The summed E-state index contributed by atoms with van der Waals surface area (Å²) >= 11 is 3.03. The summed E-state index contributed by atoms with van der Waals surface area (Å²) in [6, 6.07) is 9.91. The summed E-state index contributed by atoms with van der Waals surface area (Å²) < 4.78 is 45.6. The maximum Gasteiger partial charge on any atom is 0.420 e. The lowest BCUT2D eigenvalue weighted by Gasteiger charge is -2.17. The van der Waals surface area contributed by atoms with Crippen LogP contribution in [0.1, 0.15) is 24.0 Å². The van der Waals surface area contributed by atoms with Crippen LogP contribution in [0.2, 0.25) is 0 Å². The fourth-order valence-electron chi connectivity index (χ4n) is 3.10. The third-order valence-electron chi connectivity index (χ3n) is 5.15. The van der Waals surface area contributed by atoms with Crippen molar-refractivity contribution >= 4 is 34.0 Å². The van der Waals surface area contributed by atoms with E-state index in [-0.39, 0.29) is 34.0 Å². The van der Waals surface area contributed by atoms with Crippen LogP contribution in [0.4, 0.5) is 13.2 Å². The Morgan fingerprint density at radius 3 is 2.46 bits per heavy atom. The summed E-state index contributed by atoms with van der Waals surface area (Å²) in [7, 11) is 0. The Kier molecular flexibility index (Phi) is 8.00. The maximum absolute atomic E-state index is 13.3. The van der Waals surface area contributed by atoms with E-state index >= 15 is 0 Å². The molecule has 2 aromatic rings. The van der Waals surface area contributed by atoms with Gasteiger partial charge in [0, 0.05) is 29.6 Å². The third kappa shape index (κ3) is 6.72. The number of benzene rings is 2. The molecule has 1 aliphatic carbocycles. The normalized spacial score (nSPS) is 14.9. The van der Waals surface area contributed by atoms with Gasteiger partial charge in [0.25, 0.3) is 5.91 Å². The van der Waals surface area contributed by atoms with Crippen LogP contribution in [0.5, 0.6) is 11.5 Å². The number of rotatable bonds is 9. The van der Waals surface area contributed by atoms with E-state index in [1.807, 2.05) is 0 Å². The molecular formula is C24H22BrF3N4O3. The molecule has 0 atom stereocenters. The van der Waals surface area contributed by atoms with Crippen LogP contribution < -0.4 is 21.1 Å². The molecule has 0 saturated heterocycles. The quantitative estimate of drug-likeness (QED) is 0.314. The summed E-state index contributed by atoms with van der Waals surface area (Å²) in [6.45, 7) is 3.57. The first-order valence-corrected chi connectivity index (χ1v) is 11.2. The van der Waals surface area contributed by atoms with Crippen LogP contribution in [-0.4, -0.2) is 23.6 Å².